The number of carbonyl (C=O) groups is 2. The van der Waals surface area contributed by atoms with Crippen molar-refractivity contribution in [3.8, 4) is 11.1 Å². The molecule has 2 aromatic rings. The fourth-order valence-corrected chi connectivity index (χ4v) is 4.67. The lowest BCUT2D eigenvalue weighted by Gasteiger charge is -2.41. The molecule has 194 valence electrons. The Bertz CT molecular complexity index is 1150. The average Bonchev–Trinajstić information content (AvgIpc) is 2.79. The van der Waals surface area contributed by atoms with Crippen LogP contribution in [0.25, 0.3) is 11.1 Å². The molecular formula is C23H25ClF3N5O4. The molecule has 9 nitrogen and oxygen atoms in total. The molecule has 1 amide bonds. The lowest BCUT2D eigenvalue weighted by Crippen LogP contribution is -2.56. The van der Waals surface area contributed by atoms with Crippen molar-refractivity contribution in [2.24, 2.45) is 10.7 Å². The fourth-order valence-electron chi connectivity index (χ4n) is 4.23. The Labute approximate surface area is 210 Å². The van der Waals surface area contributed by atoms with E-state index in [4.69, 9.17) is 37.0 Å². The summed E-state index contributed by atoms with van der Waals surface area (Å²) in [7, 11) is 0. The number of nitrogens with zero attached hydrogens (tertiary/aromatic N) is 4. The van der Waals surface area contributed by atoms with E-state index >= 15 is 0 Å². The van der Waals surface area contributed by atoms with Gasteiger partial charge in [0, 0.05) is 23.8 Å². The van der Waals surface area contributed by atoms with Crippen LogP contribution in [0.2, 0.25) is 5.02 Å². The molecule has 0 spiro atoms. The van der Waals surface area contributed by atoms with Gasteiger partial charge in [-0.05, 0) is 38.3 Å². The highest BCUT2D eigenvalue weighted by Gasteiger charge is 2.42. The molecule has 3 N–H and O–H groups in total. The molecule has 0 unspecified atom stereocenters. The molecule has 13 heteroatoms. The third-order valence-electron chi connectivity index (χ3n) is 5.91. The summed E-state index contributed by atoms with van der Waals surface area (Å²) in [5, 5.41) is 15.4. The highest BCUT2D eigenvalue weighted by Crippen LogP contribution is 2.41. The molecule has 0 radical (unpaired) electrons. The van der Waals surface area contributed by atoms with Crippen molar-refractivity contribution in [3.05, 3.63) is 47.2 Å². The number of ether oxygens (including phenoxy) is 1. The average molecular weight is 528 g/mol. The number of carboxylic acid groups (broad SMARTS) is 1. The first-order valence-corrected chi connectivity index (χ1v) is 11.4. The highest BCUT2D eigenvalue weighted by atomic mass is 35.5. The second-order valence-corrected chi connectivity index (χ2v) is 9.02. The number of rotatable bonds is 3. The number of amides is 1. The molecular weight excluding hydrogens is 503 g/mol. The smallest absolute Gasteiger partial charge is 0.475 e. The Balaban J connectivity index is 0.000000454. The summed E-state index contributed by atoms with van der Waals surface area (Å²) in [5.74, 6) is -2.55. The number of aliphatic imine (C=N–C) groups is 1. The summed E-state index contributed by atoms with van der Waals surface area (Å²) < 4.78 is 37.3. The van der Waals surface area contributed by atoms with E-state index in [0.717, 1.165) is 29.5 Å². The Morgan fingerprint density at radius 3 is 2.56 bits per heavy atom. The minimum atomic E-state index is -5.08. The largest absolute Gasteiger partial charge is 0.490 e. The third kappa shape index (κ3) is 6.11. The number of hydrogen-bond donors (Lipinski definition) is 2. The predicted molar refractivity (Wildman–Crippen MR) is 125 cm³/mol. The first-order chi connectivity index (χ1) is 16.8. The summed E-state index contributed by atoms with van der Waals surface area (Å²) in [6, 6.07) is 7.59. The standard InChI is InChI=1S/C21H24ClN5O2.C2HF3O2/c1-13-10-15(7-9-29-13)27-18(28)11-21(2,26-20(27)23)17-5-3-4-16(19(17)22)14-6-8-24-25-12-14;3-2(4,5)1(6)7/h3-6,8,12-13,15H,7,9-11H2,1-2H3,(H2,23,26);(H,6,7)/t13-,15-,21-;/m0./s1. The Hall–Kier alpha value is -3.25. The number of guanidine groups is 1. The van der Waals surface area contributed by atoms with Crippen molar-refractivity contribution in [3.63, 3.8) is 0 Å². The zero-order valence-electron chi connectivity index (χ0n) is 19.5. The number of aliphatic carboxylic acids is 1. The topological polar surface area (TPSA) is 131 Å². The number of carbonyl (C=O) groups excluding carboxylic acids is 1. The van der Waals surface area contributed by atoms with Crippen LogP contribution in [-0.2, 0) is 19.9 Å². The second-order valence-electron chi connectivity index (χ2n) is 8.65. The van der Waals surface area contributed by atoms with E-state index < -0.39 is 17.7 Å². The van der Waals surface area contributed by atoms with E-state index in [2.05, 4.69) is 10.2 Å². The van der Waals surface area contributed by atoms with Gasteiger partial charge in [0.25, 0.3) is 0 Å². The van der Waals surface area contributed by atoms with Gasteiger partial charge in [0.2, 0.25) is 5.91 Å². The van der Waals surface area contributed by atoms with Gasteiger partial charge >= 0.3 is 12.1 Å². The van der Waals surface area contributed by atoms with E-state index in [9.17, 15) is 18.0 Å². The van der Waals surface area contributed by atoms with Gasteiger partial charge in [0.05, 0.1) is 35.5 Å². The summed E-state index contributed by atoms with van der Waals surface area (Å²) in [5.41, 5.74) is 7.92. The second kappa shape index (κ2) is 10.8. The zero-order chi connectivity index (χ0) is 26.7. The predicted octanol–water partition coefficient (Wildman–Crippen LogP) is 3.76. The maximum Gasteiger partial charge on any atom is 0.490 e. The van der Waals surface area contributed by atoms with Crippen LogP contribution in [0, 0.1) is 0 Å². The van der Waals surface area contributed by atoms with Gasteiger partial charge in [-0.2, -0.15) is 23.4 Å². The molecule has 0 saturated carbocycles. The molecule has 3 atom stereocenters. The van der Waals surface area contributed by atoms with Crippen molar-refractivity contribution >= 4 is 29.4 Å². The molecule has 4 rings (SSSR count). The van der Waals surface area contributed by atoms with Gasteiger partial charge in [-0.25, -0.2) is 9.79 Å². The molecule has 1 fully saturated rings. The number of benzene rings is 1. The van der Waals surface area contributed by atoms with Gasteiger partial charge in [0.1, 0.15) is 0 Å². The van der Waals surface area contributed by atoms with Crippen LogP contribution < -0.4 is 5.73 Å². The maximum atomic E-state index is 13.1. The number of hydrogen-bond acceptors (Lipinski definition) is 7. The molecule has 2 aliphatic rings. The van der Waals surface area contributed by atoms with Crippen molar-refractivity contribution in [1.82, 2.24) is 15.1 Å². The van der Waals surface area contributed by atoms with Crippen LogP contribution in [0.3, 0.4) is 0 Å². The molecule has 36 heavy (non-hydrogen) atoms. The molecule has 1 aromatic heterocycles. The minimum absolute atomic E-state index is 0.0178. The van der Waals surface area contributed by atoms with Gasteiger partial charge in [-0.3, -0.25) is 9.69 Å². The highest BCUT2D eigenvalue weighted by molar-refractivity contribution is 6.34. The van der Waals surface area contributed by atoms with Crippen LogP contribution in [0.15, 0.2) is 41.7 Å². The van der Waals surface area contributed by atoms with Crippen molar-refractivity contribution in [2.75, 3.05) is 6.61 Å². The summed E-state index contributed by atoms with van der Waals surface area (Å²) in [6.45, 7) is 4.53. The summed E-state index contributed by atoms with van der Waals surface area (Å²) in [4.78, 5) is 28.4. The monoisotopic (exact) mass is 527 g/mol. The number of nitrogens with two attached hydrogens (primary N) is 1. The normalized spacial score (nSPS) is 24.4. The molecule has 1 aromatic carbocycles. The van der Waals surface area contributed by atoms with E-state index in [-0.39, 0.29) is 30.4 Å². The number of alkyl halides is 3. The Morgan fingerprint density at radius 2 is 2.00 bits per heavy atom. The number of aromatic nitrogens is 2. The molecule has 1 saturated heterocycles. The maximum absolute atomic E-state index is 13.1. The van der Waals surface area contributed by atoms with Crippen molar-refractivity contribution in [2.45, 2.75) is 57.0 Å². The van der Waals surface area contributed by atoms with Gasteiger partial charge in [-0.15, -0.1) is 0 Å². The van der Waals surface area contributed by atoms with Crippen LogP contribution in [0.4, 0.5) is 13.2 Å². The fraction of sp³-hybridized carbons (Fsp3) is 0.435. The van der Waals surface area contributed by atoms with Crippen LogP contribution in [-0.4, -0.2) is 63.0 Å². The number of halogens is 4. The van der Waals surface area contributed by atoms with Crippen molar-refractivity contribution < 1.29 is 32.6 Å². The Kier molecular flexibility index (Phi) is 8.19. The first kappa shape index (κ1) is 27.3. The summed E-state index contributed by atoms with van der Waals surface area (Å²) in [6.07, 6.45) is 0.0101. The summed E-state index contributed by atoms with van der Waals surface area (Å²) >= 11 is 6.77. The minimum Gasteiger partial charge on any atom is -0.475 e. The van der Waals surface area contributed by atoms with Gasteiger partial charge in [0.15, 0.2) is 5.96 Å². The molecule has 0 aliphatic carbocycles. The molecule has 2 aliphatic heterocycles. The van der Waals surface area contributed by atoms with Crippen LogP contribution in [0.5, 0.6) is 0 Å². The first-order valence-electron chi connectivity index (χ1n) is 11.0. The SMILES string of the molecule is C[C@H]1C[C@@H](N2C(=O)C[C@@](C)(c3cccc(-c4ccnnc4)c3Cl)N=C2N)CCO1.O=C(O)C(F)(F)F. The zero-order valence-corrected chi connectivity index (χ0v) is 20.3. The third-order valence-corrected chi connectivity index (χ3v) is 6.32. The van der Waals surface area contributed by atoms with E-state index in [1.165, 1.54) is 0 Å². The van der Waals surface area contributed by atoms with Gasteiger partial charge < -0.3 is 15.6 Å². The van der Waals surface area contributed by atoms with Crippen molar-refractivity contribution in [1.29, 1.82) is 0 Å². The lowest BCUT2D eigenvalue weighted by molar-refractivity contribution is -0.192. The number of carboxylic acids is 1. The van der Waals surface area contributed by atoms with Crippen LogP contribution in [0.1, 0.15) is 38.7 Å². The van der Waals surface area contributed by atoms with Crippen LogP contribution >= 0.6 is 11.6 Å². The Morgan fingerprint density at radius 1 is 1.31 bits per heavy atom. The quantitative estimate of drug-likeness (QED) is 0.621. The van der Waals surface area contributed by atoms with E-state index in [1.54, 1.807) is 17.3 Å². The lowest BCUT2D eigenvalue weighted by atomic mass is 9.85. The van der Waals surface area contributed by atoms with E-state index in [1.807, 2.05) is 38.1 Å². The van der Waals surface area contributed by atoms with Gasteiger partial charge in [-0.1, -0.05) is 29.8 Å². The van der Waals surface area contributed by atoms with E-state index in [0.29, 0.717) is 11.6 Å². The molecule has 0 bridgehead atoms. The molecule has 3 heterocycles.